The standard InChI is InChI=1S/C18H24N2O3/c1-13(19-16(21)12-18(23)9-4-5-10-18)17(22)20-11-8-14-6-2-3-7-15(14)20/h2-3,6-7,13,23H,4-5,8-12H2,1H3,(H,19,21). The summed E-state index contributed by atoms with van der Waals surface area (Å²) in [5.41, 5.74) is 1.22. The molecule has 2 aliphatic rings. The van der Waals surface area contributed by atoms with E-state index in [9.17, 15) is 14.7 Å². The Kier molecular flexibility index (Phi) is 4.39. The molecule has 1 aliphatic heterocycles. The predicted molar refractivity (Wildman–Crippen MR) is 88.1 cm³/mol. The Morgan fingerprint density at radius 3 is 2.74 bits per heavy atom. The first kappa shape index (κ1) is 16.0. The van der Waals surface area contributed by atoms with E-state index >= 15 is 0 Å². The summed E-state index contributed by atoms with van der Waals surface area (Å²) in [4.78, 5) is 26.5. The maximum Gasteiger partial charge on any atom is 0.249 e. The maximum atomic E-state index is 12.6. The molecule has 1 aliphatic carbocycles. The summed E-state index contributed by atoms with van der Waals surface area (Å²) >= 11 is 0. The monoisotopic (exact) mass is 316 g/mol. The molecule has 1 fully saturated rings. The fourth-order valence-electron chi connectivity index (χ4n) is 3.66. The van der Waals surface area contributed by atoms with Crippen LogP contribution >= 0.6 is 0 Å². The lowest BCUT2D eigenvalue weighted by Crippen LogP contribution is -2.48. The maximum absolute atomic E-state index is 12.6. The summed E-state index contributed by atoms with van der Waals surface area (Å²) in [6.45, 7) is 2.36. The Hall–Kier alpha value is -1.88. The highest BCUT2D eigenvalue weighted by Crippen LogP contribution is 2.32. The van der Waals surface area contributed by atoms with Gasteiger partial charge in [0.2, 0.25) is 11.8 Å². The number of nitrogens with zero attached hydrogens (tertiary/aromatic N) is 1. The molecule has 5 heteroatoms. The second kappa shape index (κ2) is 6.32. The van der Waals surface area contributed by atoms with E-state index in [1.165, 1.54) is 5.56 Å². The van der Waals surface area contributed by atoms with Gasteiger partial charge in [0.05, 0.1) is 12.0 Å². The molecule has 1 saturated carbocycles. The number of fused-ring (bicyclic) bond motifs is 1. The van der Waals surface area contributed by atoms with Gasteiger partial charge in [0.15, 0.2) is 0 Å². The zero-order valence-corrected chi connectivity index (χ0v) is 13.5. The molecule has 1 aromatic rings. The second-order valence-electron chi connectivity index (χ2n) is 6.77. The summed E-state index contributed by atoms with van der Waals surface area (Å²) in [7, 11) is 0. The molecule has 2 amide bonds. The van der Waals surface area contributed by atoms with Crippen molar-refractivity contribution in [2.24, 2.45) is 0 Å². The number of amides is 2. The first-order valence-corrected chi connectivity index (χ1v) is 8.40. The lowest BCUT2D eigenvalue weighted by atomic mass is 9.97. The van der Waals surface area contributed by atoms with Gasteiger partial charge in [-0.15, -0.1) is 0 Å². The van der Waals surface area contributed by atoms with Crippen molar-refractivity contribution in [1.82, 2.24) is 5.32 Å². The third-order valence-corrected chi connectivity index (χ3v) is 4.92. The molecule has 5 nitrogen and oxygen atoms in total. The van der Waals surface area contributed by atoms with Crippen LogP contribution in [0, 0.1) is 0 Å². The Bertz CT molecular complexity index is 608. The van der Waals surface area contributed by atoms with Crippen molar-refractivity contribution in [3.05, 3.63) is 29.8 Å². The fourth-order valence-corrected chi connectivity index (χ4v) is 3.66. The number of rotatable bonds is 4. The summed E-state index contributed by atoms with van der Waals surface area (Å²) in [5, 5.41) is 13.0. The van der Waals surface area contributed by atoms with E-state index in [2.05, 4.69) is 5.32 Å². The molecule has 23 heavy (non-hydrogen) atoms. The summed E-state index contributed by atoms with van der Waals surface area (Å²) in [6.07, 6.45) is 4.19. The Morgan fingerprint density at radius 2 is 2.00 bits per heavy atom. The average molecular weight is 316 g/mol. The summed E-state index contributed by atoms with van der Waals surface area (Å²) in [6, 6.07) is 7.28. The molecule has 1 aromatic carbocycles. The largest absolute Gasteiger partial charge is 0.389 e. The first-order valence-electron chi connectivity index (χ1n) is 8.40. The lowest BCUT2D eigenvalue weighted by Gasteiger charge is -2.25. The zero-order chi connectivity index (χ0) is 16.4. The van der Waals surface area contributed by atoms with Crippen LogP contribution < -0.4 is 10.2 Å². The normalized spacial score (nSPS) is 20.2. The third kappa shape index (κ3) is 3.39. The minimum atomic E-state index is -0.882. The van der Waals surface area contributed by atoms with E-state index in [0.29, 0.717) is 19.4 Å². The van der Waals surface area contributed by atoms with Gasteiger partial charge in [0.25, 0.3) is 0 Å². The van der Waals surface area contributed by atoms with Crippen LogP contribution in [0.1, 0.15) is 44.6 Å². The Labute approximate surface area is 136 Å². The van der Waals surface area contributed by atoms with Gasteiger partial charge in [-0.3, -0.25) is 9.59 Å². The smallest absolute Gasteiger partial charge is 0.249 e. The van der Waals surface area contributed by atoms with Crippen molar-refractivity contribution in [3.8, 4) is 0 Å². The van der Waals surface area contributed by atoms with Crippen LogP contribution in [0.5, 0.6) is 0 Å². The zero-order valence-electron chi connectivity index (χ0n) is 13.5. The van der Waals surface area contributed by atoms with E-state index in [1.54, 1.807) is 11.8 Å². The predicted octanol–water partition coefficient (Wildman–Crippen LogP) is 1.78. The van der Waals surface area contributed by atoms with Crippen molar-refractivity contribution in [2.75, 3.05) is 11.4 Å². The topological polar surface area (TPSA) is 69.6 Å². The van der Waals surface area contributed by atoms with Gasteiger partial charge in [0, 0.05) is 12.2 Å². The van der Waals surface area contributed by atoms with Crippen LogP contribution in [-0.4, -0.2) is 35.1 Å². The number of carbonyl (C=O) groups excluding carboxylic acids is 2. The molecule has 1 heterocycles. The van der Waals surface area contributed by atoms with Crippen LogP contribution in [0.4, 0.5) is 5.69 Å². The van der Waals surface area contributed by atoms with Gasteiger partial charge >= 0.3 is 0 Å². The Balaban J connectivity index is 1.59. The van der Waals surface area contributed by atoms with Crippen LogP contribution in [-0.2, 0) is 16.0 Å². The van der Waals surface area contributed by atoms with E-state index in [1.807, 2.05) is 24.3 Å². The van der Waals surface area contributed by atoms with Crippen molar-refractivity contribution in [2.45, 2.75) is 57.1 Å². The van der Waals surface area contributed by atoms with Gasteiger partial charge in [-0.05, 0) is 37.8 Å². The van der Waals surface area contributed by atoms with Crippen LogP contribution in [0.15, 0.2) is 24.3 Å². The van der Waals surface area contributed by atoms with Gasteiger partial charge in [0.1, 0.15) is 6.04 Å². The molecule has 124 valence electrons. The van der Waals surface area contributed by atoms with E-state index < -0.39 is 11.6 Å². The molecule has 3 rings (SSSR count). The molecule has 2 N–H and O–H groups in total. The second-order valence-corrected chi connectivity index (χ2v) is 6.77. The van der Waals surface area contributed by atoms with Crippen LogP contribution in [0.25, 0.3) is 0 Å². The summed E-state index contributed by atoms with van der Waals surface area (Å²) < 4.78 is 0. The molecular formula is C18H24N2O3. The SMILES string of the molecule is CC(NC(=O)CC1(O)CCCC1)C(=O)N1CCc2ccccc21. The first-order chi connectivity index (χ1) is 11.0. The van der Waals surface area contributed by atoms with Gasteiger partial charge < -0.3 is 15.3 Å². The summed E-state index contributed by atoms with van der Waals surface area (Å²) in [5.74, 6) is -0.343. The highest BCUT2D eigenvalue weighted by Gasteiger charge is 2.35. The Morgan fingerprint density at radius 1 is 1.30 bits per heavy atom. The molecule has 0 bridgehead atoms. The number of benzene rings is 1. The van der Waals surface area contributed by atoms with Crippen LogP contribution in [0.3, 0.4) is 0 Å². The quantitative estimate of drug-likeness (QED) is 0.889. The van der Waals surface area contributed by atoms with Crippen molar-refractivity contribution in [1.29, 1.82) is 0 Å². The van der Waals surface area contributed by atoms with Gasteiger partial charge in [-0.25, -0.2) is 0 Å². The number of carbonyl (C=O) groups is 2. The van der Waals surface area contributed by atoms with Gasteiger partial charge in [-0.1, -0.05) is 31.0 Å². The van der Waals surface area contributed by atoms with E-state index in [0.717, 1.165) is 24.9 Å². The third-order valence-electron chi connectivity index (χ3n) is 4.92. The molecule has 0 spiro atoms. The molecule has 1 unspecified atom stereocenters. The minimum Gasteiger partial charge on any atom is -0.389 e. The highest BCUT2D eigenvalue weighted by atomic mass is 16.3. The number of hydrogen-bond acceptors (Lipinski definition) is 3. The molecule has 0 radical (unpaired) electrons. The van der Waals surface area contributed by atoms with Crippen molar-refractivity contribution < 1.29 is 14.7 Å². The van der Waals surface area contributed by atoms with Crippen molar-refractivity contribution >= 4 is 17.5 Å². The fraction of sp³-hybridized carbons (Fsp3) is 0.556. The molecule has 0 saturated heterocycles. The number of hydrogen-bond donors (Lipinski definition) is 2. The molecule has 1 atom stereocenters. The van der Waals surface area contributed by atoms with Crippen molar-refractivity contribution in [3.63, 3.8) is 0 Å². The van der Waals surface area contributed by atoms with E-state index in [4.69, 9.17) is 0 Å². The number of para-hydroxylation sites is 1. The minimum absolute atomic E-state index is 0.0845. The van der Waals surface area contributed by atoms with Gasteiger partial charge in [-0.2, -0.15) is 0 Å². The molecular weight excluding hydrogens is 292 g/mol. The van der Waals surface area contributed by atoms with Crippen LogP contribution in [0.2, 0.25) is 0 Å². The van der Waals surface area contributed by atoms with E-state index in [-0.39, 0.29) is 18.2 Å². The number of aliphatic hydroxyl groups is 1. The highest BCUT2D eigenvalue weighted by molar-refractivity contribution is 6.00. The number of nitrogens with one attached hydrogen (secondary N) is 1. The molecule has 0 aromatic heterocycles. The average Bonchev–Trinajstić information content (AvgIpc) is 3.12. The lowest BCUT2D eigenvalue weighted by molar-refractivity contribution is -0.130. The number of anilines is 1.